The van der Waals surface area contributed by atoms with E-state index in [2.05, 4.69) is 36.6 Å². The fourth-order valence-electron chi connectivity index (χ4n) is 1.07. The SMILES string of the molecule is CCNc1[c]ccc(NCC)c1. The molecule has 0 amide bonds. The van der Waals surface area contributed by atoms with E-state index in [0.717, 1.165) is 24.5 Å². The van der Waals surface area contributed by atoms with Gasteiger partial charge in [-0.05, 0) is 26.0 Å². The zero-order chi connectivity index (χ0) is 8.81. The van der Waals surface area contributed by atoms with Crippen LogP contribution < -0.4 is 10.6 Å². The molecule has 1 radical (unpaired) electrons. The first-order valence-electron chi connectivity index (χ1n) is 4.36. The Bertz CT molecular complexity index is 212. The molecule has 0 aliphatic carbocycles. The fourth-order valence-corrected chi connectivity index (χ4v) is 1.07. The van der Waals surface area contributed by atoms with Gasteiger partial charge in [0.05, 0.1) is 0 Å². The molecule has 0 aromatic heterocycles. The van der Waals surface area contributed by atoms with E-state index < -0.39 is 0 Å². The summed E-state index contributed by atoms with van der Waals surface area (Å²) in [6, 6.07) is 9.12. The predicted molar refractivity (Wildman–Crippen MR) is 53.6 cm³/mol. The first-order chi connectivity index (χ1) is 5.86. The van der Waals surface area contributed by atoms with Crippen LogP contribution in [0.3, 0.4) is 0 Å². The summed E-state index contributed by atoms with van der Waals surface area (Å²) in [5.41, 5.74) is 2.20. The van der Waals surface area contributed by atoms with E-state index in [4.69, 9.17) is 0 Å². The fraction of sp³-hybridized carbons (Fsp3) is 0.400. The zero-order valence-electron chi connectivity index (χ0n) is 7.65. The van der Waals surface area contributed by atoms with Crippen molar-refractivity contribution in [3.63, 3.8) is 0 Å². The van der Waals surface area contributed by atoms with Gasteiger partial charge in [-0.3, -0.25) is 0 Å². The Morgan fingerprint density at radius 2 is 2.00 bits per heavy atom. The van der Waals surface area contributed by atoms with Crippen molar-refractivity contribution in [2.45, 2.75) is 13.8 Å². The van der Waals surface area contributed by atoms with E-state index in [1.165, 1.54) is 0 Å². The molecule has 65 valence electrons. The van der Waals surface area contributed by atoms with Gasteiger partial charge in [0, 0.05) is 30.5 Å². The first-order valence-corrected chi connectivity index (χ1v) is 4.36. The minimum atomic E-state index is 0.937. The molecule has 0 aliphatic rings. The van der Waals surface area contributed by atoms with Crippen LogP contribution in [0.2, 0.25) is 0 Å². The van der Waals surface area contributed by atoms with Gasteiger partial charge in [-0.1, -0.05) is 6.07 Å². The lowest BCUT2D eigenvalue weighted by Crippen LogP contribution is -1.99. The number of hydrogen-bond acceptors (Lipinski definition) is 2. The average molecular weight is 163 g/mol. The molecule has 2 nitrogen and oxygen atoms in total. The maximum absolute atomic E-state index is 3.25. The highest BCUT2D eigenvalue weighted by Crippen LogP contribution is 2.13. The van der Waals surface area contributed by atoms with Crippen molar-refractivity contribution in [1.29, 1.82) is 0 Å². The molecule has 0 saturated carbocycles. The van der Waals surface area contributed by atoms with E-state index in [1.54, 1.807) is 0 Å². The number of hydrogen-bond donors (Lipinski definition) is 2. The van der Waals surface area contributed by atoms with Gasteiger partial charge in [-0.25, -0.2) is 0 Å². The Morgan fingerprint density at radius 3 is 2.67 bits per heavy atom. The van der Waals surface area contributed by atoms with Crippen molar-refractivity contribution < 1.29 is 0 Å². The van der Waals surface area contributed by atoms with Crippen molar-refractivity contribution in [1.82, 2.24) is 0 Å². The monoisotopic (exact) mass is 163 g/mol. The second-order valence-corrected chi connectivity index (χ2v) is 2.55. The lowest BCUT2D eigenvalue weighted by molar-refractivity contribution is 1.19. The summed E-state index contributed by atoms with van der Waals surface area (Å²) in [5, 5.41) is 6.46. The lowest BCUT2D eigenvalue weighted by atomic mass is 10.3. The quantitative estimate of drug-likeness (QED) is 0.712. The standard InChI is InChI=1S/C10H15N2/c1-3-11-9-6-5-7-10(8-9)12-4-2/h5-6,8,11-12H,3-4H2,1-2H3. The van der Waals surface area contributed by atoms with Gasteiger partial charge in [-0.2, -0.15) is 0 Å². The summed E-state index contributed by atoms with van der Waals surface area (Å²) < 4.78 is 0. The molecule has 0 fully saturated rings. The Balaban J connectivity index is 2.67. The van der Waals surface area contributed by atoms with Crippen LogP contribution in [0, 0.1) is 6.07 Å². The Morgan fingerprint density at radius 1 is 1.25 bits per heavy atom. The van der Waals surface area contributed by atoms with Gasteiger partial charge in [0.15, 0.2) is 0 Å². The third-order valence-corrected chi connectivity index (χ3v) is 1.55. The van der Waals surface area contributed by atoms with Gasteiger partial charge in [0.2, 0.25) is 0 Å². The molecule has 1 aromatic carbocycles. The second kappa shape index (κ2) is 4.65. The summed E-state index contributed by atoms with van der Waals surface area (Å²) in [6.07, 6.45) is 0. The number of anilines is 2. The smallest absolute Gasteiger partial charge is 0.0441 e. The molecule has 12 heavy (non-hydrogen) atoms. The molecule has 0 saturated heterocycles. The summed E-state index contributed by atoms with van der Waals surface area (Å²) in [4.78, 5) is 0. The molecule has 2 N–H and O–H groups in total. The summed E-state index contributed by atoms with van der Waals surface area (Å²) in [7, 11) is 0. The van der Waals surface area contributed by atoms with E-state index >= 15 is 0 Å². The molecule has 2 heteroatoms. The summed E-state index contributed by atoms with van der Waals surface area (Å²) in [5.74, 6) is 0. The van der Waals surface area contributed by atoms with Crippen molar-refractivity contribution in [3.05, 3.63) is 24.3 Å². The Labute approximate surface area is 74.0 Å². The third kappa shape index (κ3) is 2.46. The molecule has 0 atom stereocenters. The van der Waals surface area contributed by atoms with Crippen LogP contribution in [0.4, 0.5) is 11.4 Å². The average Bonchev–Trinajstić information content (AvgIpc) is 2.06. The summed E-state index contributed by atoms with van der Waals surface area (Å²) >= 11 is 0. The normalized spacial score (nSPS) is 9.50. The third-order valence-electron chi connectivity index (χ3n) is 1.55. The molecule has 1 rings (SSSR count). The van der Waals surface area contributed by atoms with E-state index in [1.807, 2.05) is 12.1 Å². The second-order valence-electron chi connectivity index (χ2n) is 2.55. The van der Waals surface area contributed by atoms with Crippen molar-refractivity contribution in [2.75, 3.05) is 23.7 Å². The predicted octanol–water partition coefficient (Wildman–Crippen LogP) is 2.35. The first kappa shape index (κ1) is 8.91. The Kier molecular flexibility index (Phi) is 3.45. The maximum atomic E-state index is 3.25. The van der Waals surface area contributed by atoms with Crippen LogP contribution in [0.25, 0.3) is 0 Å². The number of rotatable bonds is 4. The van der Waals surface area contributed by atoms with E-state index in [-0.39, 0.29) is 0 Å². The summed E-state index contributed by atoms with van der Waals surface area (Å²) in [6.45, 7) is 6.05. The highest BCUT2D eigenvalue weighted by atomic mass is 14.9. The largest absolute Gasteiger partial charge is 0.385 e. The van der Waals surface area contributed by atoms with Gasteiger partial charge >= 0.3 is 0 Å². The molecular weight excluding hydrogens is 148 g/mol. The van der Waals surface area contributed by atoms with Gasteiger partial charge in [0.25, 0.3) is 0 Å². The van der Waals surface area contributed by atoms with Crippen LogP contribution >= 0.6 is 0 Å². The van der Waals surface area contributed by atoms with Gasteiger partial charge in [0.1, 0.15) is 0 Å². The van der Waals surface area contributed by atoms with Crippen molar-refractivity contribution in [3.8, 4) is 0 Å². The van der Waals surface area contributed by atoms with Crippen molar-refractivity contribution in [2.24, 2.45) is 0 Å². The van der Waals surface area contributed by atoms with Crippen LogP contribution in [-0.2, 0) is 0 Å². The van der Waals surface area contributed by atoms with Crippen LogP contribution in [0.15, 0.2) is 18.2 Å². The minimum absolute atomic E-state index is 0.937. The number of benzene rings is 1. The minimum Gasteiger partial charge on any atom is -0.385 e. The van der Waals surface area contributed by atoms with Gasteiger partial charge in [-0.15, -0.1) is 0 Å². The maximum Gasteiger partial charge on any atom is 0.0441 e. The van der Waals surface area contributed by atoms with E-state index in [9.17, 15) is 0 Å². The highest BCUT2D eigenvalue weighted by molar-refractivity contribution is 5.55. The topological polar surface area (TPSA) is 24.1 Å². The highest BCUT2D eigenvalue weighted by Gasteiger charge is 1.91. The van der Waals surface area contributed by atoms with Gasteiger partial charge < -0.3 is 10.6 Å². The van der Waals surface area contributed by atoms with Crippen LogP contribution in [0.5, 0.6) is 0 Å². The Hall–Kier alpha value is -1.18. The molecule has 0 unspecified atom stereocenters. The van der Waals surface area contributed by atoms with Crippen molar-refractivity contribution >= 4 is 11.4 Å². The zero-order valence-corrected chi connectivity index (χ0v) is 7.65. The lowest BCUT2D eigenvalue weighted by Gasteiger charge is -2.06. The molecule has 0 bridgehead atoms. The molecule has 0 spiro atoms. The molecular formula is C10H15N2. The molecule has 0 aliphatic heterocycles. The molecule has 1 aromatic rings. The van der Waals surface area contributed by atoms with E-state index in [0.29, 0.717) is 0 Å². The molecule has 0 heterocycles. The van der Waals surface area contributed by atoms with Crippen LogP contribution in [0.1, 0.15) is 13.8 Å². The van der Waals surface area contributed by atoms with Crippen LogP contribution in [-0.4, -0.2) is 13.1 Å². The number of nitrogens with one attached hydrogen (secondary N) is 2.